The van der Waals surface area contributed by atoms with Crippen molar-refractivity contribution in [2.75, 3.05) is 0 Å². The first-order valence-electron chi connectivity index (χ1n) is 5.61. The lowest BCUT2D eigenvalue weighted by Crippen LogP contribution is -2.07. The van der Waals surface area contributed by atoms with Crippen LogP contribution in [-0.2, 0) is 21.8 Å². The first kappa shape index (κ1) is 14.6. The van der Waals surface area contributed by atoms with Crippen molar-refractivity contribution in [2.24, 2.45) is 0 Å². The van der Waals surface area contributed by atoms with Gasteiger partial charge in [0.1, 0.15) is 0 Å². The lowest BCUT2D eigenvalue weighted by atomic mass is 10.1. The number of benzene rings is 1. The fraction of sp³-hybridized carbons (Fsp3) is 0.385. The Bertz CT molecular complexity index is 431. The molecule has 0 bridgehead atoms. The van der Waals surface area contributed by atoms with Gasteiger partial charge < -0.3 is 10.2 Å². The molecule has 1 aromatic carbocycles. The van der Waals surface area contributed by atoms with Gasteiger partial charge in [0.15, 0.2) is 0 Å². The van der Waals surface area contributed by atoms with Crippen LogP contribution in [0.5, 0.6) is 0 Å². The third-order valence-electron chi connectivity index (χ3n) is 2.45. The standard InChI is InChI=1S/C13H16O4S/c1-9(6-12(14)15)18-8-11-5-3-2-4-10(11)7-13(16)17/h2-5,9H,6-8H2,1H3,(H,14,15)(H,16,17). The molecule has 98 valence electrons. The Morgan fingerprint density at radius 1 is 1.17 bits per heavy atom. The fourth-order valence-corrected chi connectivity index (χ4v) is 2.58. The summed E-state index contributed by atoms with van der Waals surface area (Å²) in [5.41, 5.74) is 1.75. The highest BCUT2D eigenvalue weighted by molar-refractivity contribution is 7.99. The van der Waals surface area contributed by atoms with E-state index in [0.717, 1.165) is 11.1 Å². The summed E-state index contributed by atoms with van der Waals surface area (Å²) >= 11 is 1.53. The molecule has 0 spiro atoms. The molecule has 1 unspecified atom stereocenters. The van der Waals surface area contributed by atoms with E-state index in [4.69, 9.17) is 10.2 Å². The topological polar surface area (TPSA) is 74.6 Å². The second-order valence-corrected chi connectivity index (χ2v) is 5.49. The van der Waals surface area contributed by atoms with Crippen molar-refractivity contribution in [3.8, 4) is 0 Å². The molecule has 5 heteroatoms. The summed E-state index contributed by atoms with van der Waals surface area (Å²) in [5, 5.41) is 17.5. The van der Waals surface area contributed by atoms with Gasteiger partial charge in [-0.2, -0.15) is 11.8 Å². The van der Waals surface area contributed by atoms with Crippen LogP contribution in [-0.4, -0.2) is 27.4 Å². The molecule has 0 fully saturated rings. The Morgan fingerprint density at radius 2 is 1.78 bits per heavy atom. The maximum Gasteiger partial charge on any atom is 0.307 e. The summed E-state index contributed by atoms with van der Waals surface area (Å²) in [6.45, 7) is 1.86. The average Bonchev–Trinajstić information content (AvgIpc) is 2.26. The van der Waals surface area contributed by atoms with Crippen molar-refractivity contribution < 1.29 is 19.8 Å². The summed E-state index contributed by atoms with van der Waals surface area (Å²) in [4.78, 5) is 21.3. The lowest BCUT2D eigenvalue weighted by Gasteiger charge is -2.11. The zero-order chi connectivity index (χ0) is 13.5. The molecule has 0 aliphatic rings. The van der Waals surface area contributed by atoms with Crippen molar-refractivity contribution >= 4 is 23.7 Å². The normalized spacial score (nSPS) is 12.1. The van der Waals surface area contributed by atoms with Gasteiger partial charge in [0, 0.05) is 11.0 Å². The SMILES string of the molecule is CC(CC(=O)O)SCc1ccccc1CC(=O)O. The lowest BCUT2D eigenvalue weighted by molar-refractivity contribution is -0.137. The number of carboxylic acid groups (broad SMARTS) is 2. The minimum Gasteiger partial charge on any atom is -0.481 e. The summed E-state index contributed by atoms with van der Waals surface area (Å²) < 4.78 is 0. The van der Waals surface area contributed by atoms with Gasteiger partial charge in [-0.1, -0.05) is 31.2 Å². The van der Waals surface area contributed by atoms with Gasteiger partial charge in [-0.15, -0.1) is 0 Å². The predicted molar refractivity (Wildman–Crippen MR) is 70.8 cm³/mol. The number of carboxylic acids is 2. The Morgan fingerprint density at radius 3 is 2.33 bits per heavy atom. The van der Waals surface area contributed by atoms with Crippen LogP contribution in [0, 0.1) is 0 Å². The molecule has 1 aromatic rings. The van der Waals surface area contributed by atoms with E-state index in [-0.39, 0.29) is 18.1 Å². The van der Waals surface area contributed by atoms with Gasteiger partial charge in [-0.25, -0.2) is 0 Å². The Hall–Kier alpha value is -1.49. The molecular weight excluding hydrogens is 252 g/mol. The summed E-state index contributed by atoms with van der Waals surface area (Å²) in [5.74, 6) is -1.03. The monoisotopic (exact) mass is 268 g/mol. The Kier molecular flexibility index (Phi) is 5.71. The van der Waals surface area contributed by atoms with Gasteiger partial charge in [0.05, 0.1) is 12.8 Å². The number of hydrogen-bond acceptors (Lipinski definition) is 3. The number of hydrogen-bond donors (Lipinski definition) is 2. The molecule has 0 saturated carbocycles. The van der Waals surface area contributed by atoms with Crippen LogP contribution >= 0.6 is 11.8 Å². The van der Waals surface area contributed by atoms with Crippen LogP contribution in [0.1, 0.15) is 24.5 Å². The molecule has 1 rings (SSSR count). The molecule has 0 radical (unpaired) electrons. The third kappa shape index (κ3) is 5.23. The quantitative estimate of drug-likeness (QED) is 0.794. The van der Waals surface area contributed by atoms with E-state index < -0.39 is 11.9 Å². The predicted octanol–water partition coefficient (Wildman–Crippen LogP) is 2.41. The van der Waals surface area contributed by atoms with Crippen molar-refractivity contribution in [3.05, 3.63) is 35.4 Å². The smallest absolute Gasteiger partial charge is 0.307 e. The van der Waals surface area contributed by atoms with E-state index in [1.165, 1.54) is 11.8 Å². The first-order chi connectivity index (χ1) is 8.49. The van der Waals surface area contributed by atoms with Crippen LogP contribution in [0.15, 0.2) is 24.3 Å². The molecular formula is C13H16O4S. The summed E-state index contributed by atoms with van der Waals surface area (Å²) in [6.07, 6.45) is 0.121. The molecule has 1 atom stereocenters. The summed E-state index contributed by atoms with van der Waals surface area (Å²) in [7, 11) is 0. The molecule has 0 aromatic heterocycles. The zero-order valence-corrected chi connectivity index (χ0v) is 10.9. The first-order valence-corrected chi connectivity index (χ1v) is 6.66. The van der Waals surface area contributed by atoms with Gasteiger partial charge in [-0.3, -0.25) is 9.59 Å². The molecule has 0 saturated heterocycles. The van der Waals surface area contributed by atoms with E-state index in [2.05, 4.69) is 0 Å². The molecule has 18 heavy (non-hydrogen) atoms. The van der Waals surface area contributed by atoms with Crippen LogP contribution in [0.25, 0.3) is 0 Å². The highest BCUT2D eigenvalue weighted by Crippen LogP contribution is 2.22. The second kappa shape index (κ2) is 7.06. The van der Waals surface area contributed by atoms with E-state index in [9.17, 15) is 9.59 Å². The van der Waals surface area contributed by atoms with Crippen LogP contribution < -0.4 is 0 Å². The van der Waals surface area contributed by atoms with Crippen LogP contribution in [0.2, 0.25) is 0 Å². The summed E-state index contributed by atoms with van der Waals surface area (Å²) in [6, 6.07) is 7.36. The van der Waals surface area contributed by atoms with Crippen LogP contribution in [0.4, 0.5) is 0 Å². The Labute approximate surface area is 110 Å². The average molecular weight is 268 g/mol. The van der Waals surface area contributed by atoms with Gasteiger partial charge >= 0.3 is 11.9 Å². The molecule has 4 nitrogen and oxygen atoms in total. The largest absolute Gasteiger partial charge is 0.481 e. The highest BCUT2D eigenvalue weighted by Gasteiger charge is 2.11. The van der Waals surface area contributed by atoms with E-state index in [1.54, 1.807) is 6.07 Å². The van der Waals surface area contributed by atoms with Crippen molar-refractivity contribution in [1.29, 1.82) is 0 Å². The van der Waals surface area contributed by atoms with Crippen molar-refractivity contribution in [1.82, 2.24) is 0 Å². The second-order valence-electron chi connectivity index (χ2n) is 4.06. The van der Waals surface area contributed by atoms with Gasteiger partial charge in [0.25, 0.3) is 0 Å². The van der Waals surface area contributed by atoms with Crippen molar-refractivity contribution in [2.45, 2.75) is 30.8 Å². The molecule has 0 amide bonds. The van der Waals surface area contributed by atoms with Gasteiger partial charge in [-0.05, 0) is 11.1 Å². The maximum atomic E-state index is 10.7. The minimum absolute atomic E-state index is 0.00401. The third-order valence-corrected chi connectivity index (χ3v) is 3.66. The number of aliphatic carboxylic acids is 2. The zero-order valence-electron chi connectivity index (χ0n) is 10.1. The molecule has 0 heterocycles. The molecule has 0 aliphatic carbocycles. The highest BCUT2D eigenvalue weighted by atomic mass is 32.2. The fourth-order valence-electron chi connectivity index (χ4n) is 1.57. The van der Waals surface area contributed by atoms with Gasteiger partial charge in [0.2, 0.25) is 0 Å². The number of rotatable bonds is 7. The minimum atomic E-state index is -0.856. The molecule has 0 aliphatic heterocycles. The number of thioether (sulfide) groups is 1. The van der Waals surface area contributed by atoms with E-state index >= 15 is 0 Å². The van der Waals surface area contributed by atoms with E-state index in [0.29, 0.717) is 5.75 Å². The van der Waals surface area contributed by atoms with Crippen LogP contribution in [0.3, 0.4) is 0 Å². The molecule has 2 N–H and O–H groups in total. The van der Waals surface area contributed by atoms with Crippen molar-refractivity contribution in [3.63, 3.8) is 0 Å². The maximum absolute atomic E-state index is 10.7. The number of carbonyl (C=O) groups is 2. The van der Waals surface area contributed by atoms with E-state index in [1.807, 2.05) is 25.1 Å². The Balaban J connectivity index is 2.61.